The number of nitrogens with two attached hydrogens (primary N) is 1. The number of fused-ring (bicyclic) bond motifs is 3. The van der Waals surface area contributed by atoms with Crippen molar-refractivity contribution in [3.8, 4) is 0 Å². The van der Waals surface area contributed by atoms with Gasteiger partial charge in [-0.05, 0) is 83.1 Å². The highest BCUT2D eigenvalue weighted by atomic mass is 32.2. The largest absolute Gasteiger partial charge is 0.466 e. The predicted octanol–water partition coefficient (Wildman–Crippen LogP) is -3.52. The van der Waals surface area contributed by atoms with E-state index in [-0.39, 0.29) is 55.0 Å². The van der Waals surface area contributed by atoms with Crippen LogP contribution in [0, 0.1) is 5.92 Å². The Morgan fingerprint density at radius 2 is 1.29 bits per heavy atom. The van der Waals surface area contributed by atoms with Crippen LogP contribution in [0.1, 0.15) is 79.8 Å². The fourth-order valence-corrected chi connectivity index (χ4v) is 11.4. The van der Waals surface area contributed by atoms with Crippen LogP contribution >= 0.6 is 35.3 Å². The molecule has 34 heteroatoms. The van der Waals surface area contributed by atoms with Crippen molar-refractivity contribution in [3.05, 3.63) is 36.0 Å². The smallest absolute Gasteiger partial charge is 0.340 e. The number of aliphatic hydroxyl groups is 4. The third-order valence-electron chi connectivity index (χ3n) is 13.5. The summed E-state index contributed by atoms with van der Waals surface area (Å²) >= 11 is 2.60. The van der Waals surface area contributed by atoms with Gasteiger partial charge in [0.1, 0.15) is 54.4 Å². The van der Waals surface area contributed by atoms with E-state index in [0.717, 1.165) is 39.0 Å². The molecule has 494 valence electrons. The molecule has 12 atom stereocenters. The SMILES string of the molecule is COC(=O)/C=C(\C(=O)OC)c1c2ccccc2c2n1CCCC[C@H](NC(=O)[C@H](C)NC(C)=O)C(=O)N[C@@H](C(C)C)C(=O)N[C@@H]([C@@H](C)O)C(=O)N[C@@H](CCSC)C(=O)N[C@@H]([C@@H](C)O)C(=O)N[C@H](SC(=O)N[C@@H](CO)C(=O)N[C@@H](C)C(=O)N[C@@H](CO)C(N)=O)CS2. The molecule has 1 aliphatic rings. The second-order valence-electron chi connectivity index (χ2n) is 20.9. The Hall–Kier alpha value is -7.50. The number of nitrogens with zero attached hydrogens (tertiary/aromatic N) is 1. The van der Waals surface area contributed by atoms with Gasteiger partial charge in [-0.1, -0.05) is 38.1 Å². The van der Waals surface area contributed by atoms with Crippen LogP contribution in [0.4, 0.5) is 4.79 Å². The molecule has 2 aromatic rings. The summed E-state index contributed by atoms with van der Waals surface area (Å²) in [4.78, 5) is 176. The molecule has 0 saturated heterocycles. The Morgan fingerprint density at radius 3 is 1.84 bits per heavy atom. The fraction of sp³-hybridized carbons (Fsp3) is 0.582. The summed E-state index contributed by atoms with van der Waals surface area (Å²) < 4.78 is 11.7. The molecule has 2 heterocycles. The number of hydrogen-bond acceptors (Lipinski definition) is 22. The predicted molar refractivity (Wildman–Crippen MR) is 327 cm³/mol. The number of carbonyl (C=O) groups excluding carboxylic acids is 13. The molecule has 0 fully saturated rings. The molecule has 0 radical (unpaired) electrons. The van der Waals surface area contributed by atoms with E-state index in [2.05, 4.69) is 53.2 Å². The number of amides is 11. The van der Waals surface area contributed by atoms with Gasteiger partial charge in [-0.15, -0.1) is 11.8 Å². The molecule has 16 N–H and O–H groups in total. The van der Waals surface area contributed by atoms with E-state index in [0.29, 0.717) is 27.6 Å². The molecule has 3 rings (SSSR count). The number of hydrogen-bond donors (Lipinski definition) is 15. The van der Waals surface area contributed by atoms with Crippen LogP contribution in [-0.2, 0) is 73.6 Å². The maximum atomic E-state index is 14.6. The number of nitrogens with one attached hydrogen (secondary N) is 10. The molecule has 1 aliphatic heterocycles. The maximum absolute atomic E-state index is 14.6. The zero-order valence-electron chi connectivity index (χ0n) is 50.9. The van der Waals surface area contributed by atoms with Crippen molar-refractivity contribution in [2.45, 2.75) is 158 Å². The normalized spacial score (nSPS) is 21.6. The summed E-state index contributed by atoms with van der Waals surface area (Å²) in [6.45, 7) is 7.28. The van der Waals surface area contributed by atoms with E-state index in [9.17, 15) is 82.8 Å². The summed E-state index contributed by atoms with van der Waals surface area (Å²) in [5, 5.41) is 64.9. The molecule has 1 aromatic heterocycles. The average molecular weight is 1310 g/mol. The minimum absolute atomic E-state index is 0.0579. The van der Waals surface area contributed by atoms with E-state index >= 15 is 0 Å². The van der Waals surface area contributed by atoms with Gasteiger partial charge in [0, 0.05) is 36.1 Å². The van der Waals surface area contributed by atoms with Gasteiger partial charge in [-0.2, -0.15) is 11.8 Å². The van der Waals surface area contributed by atoms with Gasteiger partial charge >= 0.3 is 11.9 Å². The molecule has 89 heavy (non-hydrogen) atoms. The van der Waals surface area contributed by atoms with Gasteiger partial charge in [0.15, 0.2) is 0 Å². The van der Waals surface area contributed by atoms with Crippen LogP contribution in [0.2, 0.25) is 0 Å². The van der Waals surface area contributed by atoms with Crippen LogP contribution in [0.25, 0.3) is 16.3 Å². The first-order valence-electron chi connectivity index (χ1n) is 28.1. The van der Waals surface area contributed by atoms with Gasteiger partial charge in [0.05, 0.1) is 61.3 Å². The summed E-state index contributed by atoms with van der Waals surface area (Å²) in [7, 11) is 2.16. The lowest BCUT2D eigenvalue weighted by Gasteiger charge is -2.30. The van der Waals surface area contributed by atoms with Crippen LogP contribution in [0.3, 0.4) is 0 Å². The highest BCUT2D eigenvalue weighted by molar-refractivity contribution is 8.14. The first-order chi connectivity index (χ1) is 41.9. The van der Waals surface area contributed by atoms with E-state index in [1.165, 1.54) is 39.5 Å². The highest BCUT2D eigenvalue weighted by Gasteiger charge is 2.38. The number of aliphatic hydroxyl groups excluding tert-OH is 4. The minimum Gasteiger partial charge on any atom is -0.466 e. The topological polar surface area (TPSA) is 473 Å². The van der Waals surface area contributed by atoms with Crippen LogP contribution in [0.5, 0.6) is 0 Å². The third kappa shape index (κ3) is 22.8. The fourth-order valence-electron chi connectivity index (χ4n) is 8.75. The van der Waals surface area contributed by atoms with Gasteiger partial charge in [0.25, 0.3) is 5.24 Å². The lowest BCUT2D eigenvalue weighted by molar-refractivity contribution is -0.137. The van der Waals surface area contributed by atoms with Crippen molar-refractivity contribution in [3.63, 3.8) is 0 Å². The Kier molecular flexibility index (Phi) is 31.4. The van der Waals surface area contributed by atoms with Crippen molar-refractivity contribution in [2.75, 3.05) is 45.2 Å². The molecule has 11 amide bonds. The number of aromatic nitrogens is 1. The van der Waals surface area contributed by atoms with Crippen LogP contribution in [-0.4, -0.2) is 218 Å². The second kappa shape index (κ2) is 36.9. The highest BCUT2D eigenvalue weighted by Crippen LogP contribution is 2.39. The number of carbonyl (C=O) groups is 13. The molecular formula is C55H82N12O19S3. The van der Waals surface area contributed by atoms with Crippen molar-refractivity contribution >= 4 is 128 Å². The Bertz CT molecular complexity index is 2930. The summed E-state index contributed by atoms with van der Waals surface area (Å²) in [5.41, 5.74) is 5.02. The minimum atomic E-state index is -1.84. The number of primary amides is 1. The van der Waals surface area contributed by atoms with Crippen LogP contribution < -0.4 is 58.9 Å². The molecule has 1 aromatic carbocycles. The monoisotopic (exact) mass is 1310 g/mol. The Morgan fingerprint density at radius 1 is 0.719 bits per heavy atom. The first-order valence-corrected chi connectivity index (χ1v) is 31.4. The van der Waals surface area contributed by atoms with E-state index in [4.69, 9.17) is 15.2 Å². The Balaban J connectivity index is 2.36. The standard InChI is InChI=1S/C55H82N12O19S3/c1-25(2)40-50(80)66-41(28(5)70)51(81)60-35(18-20-87-10)48(78)65-42(29(6)71)52(82)63-38(89-55(84)62-37(23-69)49(79)58-27(4)46(76)61-36(22-68)44(56)74)24-88-53-32-16-12-11-15-31(32)43(33(54(83)86-9)21-39(73)85-8)67(53)19-14-13-17-34(47(77)64-40)59-45(75)26(3)57-30(7)72/h11-12,15-16,21,25-29,34-38,40-42,68-71H,13-14,17-20,22-24H2,1-10H3,(H2,56,74)(H,57,72)(H,58,79)(H,59,75)(H,60,81)(H,61,76)(H,62,84)(H,63,82)(H,64,77)(H,65,78)(H,66,80)/b33-21-/t26-,27-,28+,29+,34-,35-,36-,37-,38+,40-,41-,42-/m0/s1. The number of thioether (sulfide) groups is 3. The molecule has 0 aliphatic carbocycles. The second-order valence-corrected chi connectivity index (χ2v) is 24.1. The Labute approximate surface area is 526 Å². The van der Waals surface area contributed by atoms with Gasteiger partial charge in [-0.25, -0.2) is 9.59 Å². The lowest BCUT2D eigenvalue weighted by atomic mass is 10.0. The van der Waals surface area contributed by atoms with Gasteiger partial charge < -0.3 is 93.4 Å². The first kappa shape index (κ1) is 75.7. The number of methoxy groups -OCH3 is 2. The quantitative estimate of drug-likeness (QED) is 0.0426. The van der Waals surface area contributed by atoms with E-state index in [1.54, 1.807) is 48.9 Å². The molecule has 31 nitrogen and oxygen atoms in total. The van der Waals surface area contributed by atoms with Gasteiger partial charge in [-0.3, -0.25) is 52.7 Å². The van der Waals surface area contributed by atoms with Crippen molar-refractivity contribution in [1.29, 1.82) is 0 Å². The number of esters is 2. The molecular weight excluding hydrogens is 1230 g/mol. The number of benzene rings is 1. The summed E-state index contributed by atoms with van der Waals surface area (Å²) in [6.07, 6.45) is -0.766. The third-order valence-corrected chi connectivity index (χ3v) is 16.5. The molecule has 0 saturated carbocycles. The van der Waals surface area contributed by atoms with Crippen molar-refractivity contribution in [1.82, 2.24) is 57.7 Å². The van der Waals surface area contributed by atoms with E-state index < -0.39 is 167 Å². The van der Waals surface area contributed by atoms with Crippen LogP contribution in [0.15, 0.2) is 35.4 Å². The van der Waals surface area contributed by atoms with Crippen molar-refractivity contribution in [2.24, 2.45) is 11.7 Å². The van der Waals surface area contributed by atoms with Crippen molar-refractivity contribution < 1.29 is 92.2 Å². The molecule has 0 unspecified atom stereocenters. The number of rotatable bonds is 21. The summed E-state index contributed by atoms with van der Waals surface area (Å²) in [6, 6.07) is -7.20. The zero-order chi connectivity index (χ0) is 67.0. The molecule has 0 bridgehead atoms. The summed E-state index contributed by atoms with van der Waals surface area (Å²) in [5.74, 6) is -12.3. The zero-order valence-corrected chi connectivity index (χ0v) is 53.4. The average Bonchev–Trinajstić information content (AvgIpc) is 1.94. The molecule has 0 spiro atoms. The number of ether oxygens (including phenoxy) is 2. The maximum Gasteiger partial charge on any atom is 0.340 e. The van der Waals surface area contributed by atoms with E-state index in [1.807, 2.05) is 0 Å². The lowest BCUT2D eigenvalue weighted by Crippen LogP contribution is -2.63. The van der Waals surface area contributed by atoms with Gasteiger partial charge in [0.2, 0.25) is 59.1 Å².